The molecule has 2 amide bonds. The van der Waals surface area contributed by atoms with Crippen molar-refractivity contribution < 1.29 is 9.59 Å². The first-order valence-corrected chi connectivity index (χ1v) is 15.5. The summed E-state index contributed by atoms with van der Waals surface area (Å²) >= 11 is 12.4. The highest BCUT2D eigenvalue weighted by Crippen LogP contribution is 2.61. The lowest BCUT2D eigenvalue weighted by Gasteiger charge is -2.61. The number of halogens is 2. The van der Waals surface area contributed by atoms with Crippen LogP contribution >= 0.6 is 23.2 Å². The normalized spacial score (nSPS) is 22.1. The van der Waals surface area contributed by atoms with Crippen LogP contribution < -0.4 is 32.6 Å². The first kappa shape index (κ1) is 31.6. The molecule has 234 valence electrons. The molecular formula is C31H38Cl2N8O3. The van der Waals surface area contributed by atoms with E-state index in [1.807, 2.05) is 6.07 Å². The van der Waals surface area contributed by atoms with E-state index in [1.54, 1.807) is 30.3 Å². The van der Waals surface area contributed by atoms with Crippen molar-refractivity contribution in [3.05, 3.63) is 62.4 Å². The fraction of sp³-hybridized carbons (Fsp3) is 0.452. The number of carbonyl (C=O) groups excluding carboxylic acids is 2. The second-order valence-corrected chi connectivity index (χ2v) is 13.2. The summed E-state index contributed by atoms with van der Waals surface area (Å²) < 4.78 is 1.46. The summed E-state index contributed by atoms with van der Waals surface area (Å²) in [4.78, 5) is 46.7. The Balaban J connectivity index is 1.44. The summed E-state index contributed by atoms with van der Waals surface area (Å²) in [6.45, 7) is 9.96. The SMILES string of the molecule is CC(=O)NN/C(=N\[C@H]1C[C@@H]2C[C@H]([C@@H]1C)C2(C)C)Nc1ccc2c(=O)n(CCc3ccc(Cl)cc3Cl)c(NNC(C)=O)nc2c1. The highest BCUT2D eigenvalue weighted by molar-refractivity contribution is 6.35. The first-order valence-electron chi connectivity index (χ1n) is 14.7. The monoisotopic (exact) mass is 640 g/mol. The van der Waals surface area contributed by atoms with Crippen molar-refractivity contribution in [2.75, 3.05) is 10.7 Å². The molecule has 3 aliphatic rings. The van der Waals surface area contributed by atoms with Gasteiger partial charge < -0.3 is 5.32 Å². The summed E-state index contributed by atoms with van der Waals surface area (Å²) in [5, 5.41) is 4.68. The summed E-state index contributed by atoms with van der Waals surface area (Å²) in [6.07, 6.45) is 2.65. The lowest BCUT2D eigenvalue weighted by atomic mass is 9.45. The van der Waals surface area contributed by atoms with Gasteiger partial charge in [-0.1, -0.05) is 50.0 Å². The van der Waals surface area contributed by atoms with Crippen molar-refractivity contribution in [1.29, 1.82) is 0 Å². The summed E-state index contributed by atoms with van der Waals surface area (Å²) in [5.41, 5.74) is 12.7. The molecule has 3 aromatic rings. The molecule has 3 aliphatic carbocycles. The van der Waals surface area contributed by atoms with E-state index in [9.17, 15) is 14.4 Å². The maximum Gasteiger partial charge on any atom is 0.262 e. The van der Waals surface area contributed by atoms with E-state index in [-0.39, 0.29) is 35.9 Å². The molecule has 6 rings (SSSR count). The number of benzene rings is 2. The molecule has 3 saturated carbocycles. The van der Waals surface area contributed by atoms with Gasteiger partial charge in [-0.3, -0.25) is 40.7 Å². The van der Waals surface area contributed by atoms with Crippen LogP contribution in [0.3, 0.4) is 0 Å². The van der Waals surface area contributed by atoms with Gasteiger partial charge in [0.05, 0.1) is 16.9 Å². The van der Waals surface area contributed by atoms with Crippen LogP contribution in [-0.2, 0) is 22.6 Å². The number of nitrogens with zero attached hydrogens (tertiary/aromatic N) is 3. The number of hydrogen-bond donors (Lipinski definition) is 5. The molecule has 44 heavy (non-hydrogen) atoms. The number of rotatable bonds is 7. The fourth-order valence-corrected chi connectivity index (χ4v) is 7.04. The van der Waals surface area contributed by atoms with Crippen LogP contribution in [0.25, 0.3) is 10.9 Å². The van der Waals surface area contributed by atoms with E-state index in [1.165, 1.54) is 24.8 Å². The number of guanidine groups is 1. The average molecular weight is 642 g/mol. The average Bonchev–Trinajstić information content (AvgIpc) is 2.95. The van der Waals surface area contributed by atoms with Crippen LogP contribution in [0, 0.1) is 23.2 Å². The number of carbonyl (C=O) groups is 2. The molecule has 13 heteroatoms. The standard InChI is InChI=1S/C31H38Cl2N8O3/c1-16-24-12-20(31(24,4)5)13-26(16)35-29(39-37-17(2)42)34-22-8-9-23-27(15-22)36-30(40-38-18(3)43)41(28(23)44)11-10-19-6-7-21(32)14-25(19)33/h6-9,14-16,20,24,26H,10-13H2,1-5H3,(H,36,40)(H,37,42)(H,38,43)(H2,34,35,39)/t16-,20-,24+,26-/m0/s1. The minimum atomic E-state index is -0.343. The maximum absolute atomic E-state index is 13.7. The van der Waals surface area contributed by atoms with E-state index in [0.29, 0.717) is 62.2 Å². The molecule has 3 fully saturated rings. The van der Waals surface area contributed by atoms with Crippen LogP contribution in [0.1, 0.15) is 53.0 Å². The molecule has 0 aliphatic heterocycles. The summed E-state index contributed by atoms with van der Waals surface area (Å²) in [7, 11) is 0. The van der Waals surface area contributed by atoms with Crippen LogP contribution in [0.15, 0.2) is 46.2 Å². The van der Waals surface area contributed by atoms with Crippen molar-refractivity contribution in [3.63, 3.8) is 0 Å². The Morgan fingerprint density at radius 1 is 1.05 bits per heavy atom. The third-order valence-electron chi connectivity index (χ3n) is 9.15. The Morgan fingerprint density at radius 3 is 2.45 bits per heavy atom. The van der Waals surface area contributed by atoms with Gasteiger partial charge in [0.1, 0.15) is 0 Å². The van der Waals surface area contributed by atoms with Gasteiger partial charge in [-0.15, -0.1) is 0 Å². The number of anilines is 2. The van der Waals surface area contributed by atoms with Gasteiger partial charge in [0.25, 0.3) is 5.56 Å². The second kappa shape index (κ2) is 12.6. The van der Waals surface area contributed by atoms with Crippen molar-refractivity contribution in [2.45, 2.75) is 66.5 Å². The number of amides is 2. The van der Waals surface area contributed by atoms with Crippen molar-refractivity contribution >= 4 is 63.5 Å². The zero-order valence-corrected chi connectivity index (χ0v) is 26.9. The van der Waals surface area contributed by atoms with Gasteiger partial charge >= 0.3 is 0 Å². The molecule has 1 heterocycles. The number of aromatic nitrogens is 2. The summed E-state index contributed by atoms with van der Waals surface area (Å²) in [6, 6.07) is 10.5. The predicted octanol–water partition coefficient (Wildman–Crippen LogP) is 4.89. The Kier molecular flexibility index (Phi) is 9.08. The molecular weight excluding hydrogens is 603 g/mol. The Morgan fingerprint density at radius 2 is 1.80 bits per heavy atom. The number of nitrogens with one attached hydrogen (secondary N) is 5. The molecule has 11 nitrogen and oxygen atoms in total. The van der Waals surface area contributed by atoms with Gasteiger partial charge in [0, 0.05) is 36.1 Å². The van der Waals surface area contributed by atoms with E-state index in [4.69, 9.17) is 28.2 Å². The lowest BCUT2D eigenvalue weighted by Crippen LogP contribution is -2.57. The van der Waals surface area contributed by atoms with Gasteiger partial charge in [-0.2, -0.15) is 0 Å². The Labute approximate surface area is 266 Å². The molecule has 0 saturated heterocycles. The number of aliphatic imine (C=N–C) groups is 1. The molecule has 0 spiro atoms. The van der Waals surface area contributed by atoms with Crippen LogP contribution in [-0.4, -0.2) is 33.4 Å². The van der Waals surface area contributed by atoms with Gasteiger partial charge in [-0.25, -0.2) is 9.98 Å². The molecule has 2 aromatic carbocycles. The number of fused-ring (bicyclic) bond motifs is 3. The minimum absolute atomic E-state index is 0.101. The molecule has 4 atom stereocenters. The van der Waals surface area contributed by atoms with Crippen molar-refractivity contribution in [2.24, 2.45) is 28.2 Å². The number of aryl methyl sites for hydroxylation is 1. The van der Waals surface area contributed by atoms with Crippen LogP contribution in [0.5, 0.6) is 0 Å². The Bertz CT molecular complexity index is 1690. The van der Waals surface area contributed by atoms with Crippen molar-refractivity contribution in [3.8, 4) is 0 Å². The van der Waals surface area contributed by atoms with E-state index in [2.05, 4.69) is 52.8 Å². The molecule has 1 aromatic heterocycles. The largest absolute Gasteiger partial charge is 0.325 e. The molecule has 0 unspecified atom stereocenters. The fourth-order valence-electron chi connectivity index (χ4n) is 6.54. The number of hydrazine groups is 2. The number of hydrogen-bond acceptors (Lipinski definition) is 6. The van der Waals surface area contributed by atoms with E-state index < -0.39 is 0 Å². The lowest BCUT2D eigenvalue weighted by molar-refractivity contribution is -0.120. The van der Waals surface area contributed by atoms with Gasteiger partial charge in [0.2, 0.25) is 23.7 Å². The minimum Gasteiger partial charge on any atom is -0.325 e. The molecule has 2 bridgehead atoms. The highest BCUT2D eigenvalue weighted by Gasteiger charge is 2.56. The molecule has 0 radical (unpaired) electrons. The third kappa shape index (κ3) is 6.63. The zero-order chi connectivity index (χ0) is 31.8. The smallest absolute Gasteiger partial charge is 0.262 e. The van der Waals surface area contributed by atoms with Crippen molar-refractivity contribution in [1.82, 2.24) is 25.8 Å². The summed E-state index contributed by atoms with van der Waals surface area (Å²) in [5.74, 6) is 1.60. The Hall–Kier alpha value is -3.83. The predicted molar refractivity (Wildman–Crippen MR) is 175 cm³/mol. The van der Waals surface area contributed by atoms with Crippen LogP contribution in [0.2, 0.25) is 10.0 Å². The third-order valence-corrected chi connectivity index (χ3v) is 9.74. The van der Waals surface area contributed by atoms with Gasteiger partial charge in [-0.05, 0) is 78.3 Å². The molecule has 5 N–H and O–H groups in total. The maximum atomic E-state index is 13.7. The quantitative estimate of drug-likeness (QED) is 0.141. The van der Waals surface area contributed by atoms with E-state index in [0.717, 1.165) is 12.0 Å². The first-order chi connectivity index (χ1) is 20.8. The second-order valence-electron chi connectivity index (χ2n) is 12.3. The highest BCUT2D eigenvalue weighted by atomic mass is 35.5. The zero-order valence-electron chi connectivity index (χ0n) is 25.4. The van der Waals surface area contributed by atoms with Crippen LogP contribution in [0.4, 0.5) is 11.6 Å². The topological polar surface area (TPSA) is 142 Å². The van der Waals surface area contributed by atoms with Gasteiger partial charge in [0.15, 0.2) is 0 Å². The van der Waals surface area contributed by atoms with E-state index >= 15 is 0 Å².